The average Bonchev–Trinajstić information content (AvgIpc) is 3.11. The van der Waals surface area contributed by atoms with Gasteiger partial charge in [-0.05, 0) is 46.5 Å². The maximum absolute atomic E-state index is 12.5. The Balaban J connectivity index is 1.83. The van der Waals surface area contributed by atoms with Gasteiger partial charge in [-0.15, -0.1) is 16.9 Å². The van der Waals surface area contributed by atoms with E-state index in [0.717, 1.165) is 22.0 Å². The maximum Gasteiger partial charge on any atom is 0.255 e. The summed E-state index contributed by atoms with van der Waals surface area (Å²) in [6.45, 7) is 2.08. The molecular weight excluding hydrogens is 310 g/mol. The number of tetrazole rings is 1. The van der Waals surface area contributed by atoms with Crippen molar-refractivity contribution in [2.75, 3.05) is 11.1 Å². The Morgan fingerprint density at radius 2 is 2.09 bits per heavy atom. The minimum atomic E-state index is -0.163. The van der Waals surface area contributed by atoms with Gasteiger partial charge < -0.3 is 5.32 Å². The van der Waals surface area contributed by atoms with Crippen LogP contribution < -0.4 is 5.32 Å². The van der Waals surface area contributed by atoms with Crippen molar-refractivity contribution in [3.63, 3.8) is 0 Å². The minimum Gasteiger partial charge on any atom is -0.321 e. The summed E-state index contributed by atoms with van der Waals surface area (Å²) in [6.07, 6.45) is 1.49. The highest BCUT2D eigenvalue weighted by Gasteiger charge is 2.10. The van der Waals surface area contributed by atoms with Crippen molar-refractivity contribution in [2.24, 2.45) is 0 Å². The molecular formula is C16H15N5OS. The Bertz CT molecular complexity index is 804. The number of amides is 1. The number of nitrogens with zero attached hydrogens (tertiary/aromatic N) is 4. The SMILES string of the molecule is CCSc1ccccc1NC(=O)c1cccc(-n2cnnn2)c1. The fraction of sp³-hybridized carbons (Fsp3) is 0.125. The van der Waals surface area contributed by atoms with Gasteiger partial charge >= 0.3 is 0 Å². The summed E-state index contributed by atoms with van der Waals surface area (Å²) in [5, 5.41) is 14.0. The lowest BCUT2D eigenvalue weighted by Gasteiger charge is -2.10. The Kier molecular flexibility index (Phi) is 4.68. The summed E-state index contributed by atoms with van der Waals surface area (Å²) < 4.78 is 1.51. The monoisotopic (exact) mass is 325 g/mol. The number of para-hydroxylation sites is 1. The van der Waals surface area contributed by atoms with Gasteiger partial charge in [0, 0.05) is 10.5 Å². The van der Waals surface area contributed by atoms with Crippen LogP contribution in [0.4, 0.5) is 5.69 Å². The molecule has 1 N–H and O–H groups in total. The highest BCUT2D eigenvalue weighted by Crippen LogP contribution is 2.27. The lowest BCUT2D eigenvalue weighted by molar-refractivity contribution is 0.102. The summed E-state index contributed by atoms with van der Waals surface area (Å²) in [4.78, 5) is 13.6. The zero-order valence-electron chi connectivity index (χ0n) is 12.5. The largest absolute Gasteiger partial charge is 0.321 e. The normalized spacial score (nSPS) is 10.5. The Morgan fingerprint density at radius 3 is 2.87 bits per heavy atom. The third-order valence-corrected chi connectivity index (χ3v) is 4.11. The topological polar surface area (TPSA) is 72.7 Å². The molecule has 0 spiro atoms. The standard InChI is InChI=1S/C16H15N5OS/c1-2-23-15-9-4-3-8-14(15)18-16(22)12-6-5-7-13(10-12)21-11-17-19-20-21/h3-11H,2H2,1H3,(H,18,22). The Morgan fingerprint density at radius 1 is 1.22 bits per heavy atom. The van der Waals surface area contributed by atoms with Gasteiger partial charge in [0.1, 0.15) is 6.33 Å². The van der Waals surface area contributed by atoms with Gasteiger partial charge in [0.25, 0.3) is 5.91 Å². The van der Waals surface area contributed by atoms with Crippen LogP contribution in [0, 0.1) is 0 Å². The number of hydrogen-bond acceptors (Lipinski definition) is 5. The number of benzene rings is 2. The number of rotatable bonds is 5. The van der Waals surface area contributed by atoms with Crippen LogP contribution in [0.15, 0.2) is 59.8 Å². The molecule has 3 aromatic rings. The van der Waals surface area contributed by atoms with Crippen molar-refractivity contribution in [2.45, 2.75) is 11.8 Å². The van der Waals surface area contributed by atoms with E-state index >= 15 is 0 Å². The number of carbonyl (C=O) groups excluding carboxylic acids is 1. The number of aromatic nitrogens is 4. The summed E-state index contributed by atoms with van der Waals surface area (Å²) in [7, 11) is 0. The van der Waals surface area contributed by atoms with Gasteiger partial charge in [-0.1, -0.05) is 25.1 Å². The van der Waals surface area contributed by atoms with E-state index in [1.807, 2.05) is 30.3 Å². The van der Waals surface area contributed by atoms with Crippen LogP contribution >= 0.6 is 11.8 Å². The van der Waals surface area contributed by atoms with Gasteiger partial charge in [-0.25, -0.2) is 4.68 Å². The van der Waals surface area contributed by atoms with Crippen LogP contribution in [0.1, 0.15) is 17.3 Å². The first-order valence-corrected chi connectivity index (χ1v) is 8.13. The second kappa shape index (κ2) is 7.06. The molecule has 1 heterocycles. The molecule has 0 aliphatic carbocycles. The molecule has 0 aliphatic rings. The van der Waals surface area contributed by atoms with Crippen LogP contribution in [-0.4, -0.2) is 31.9 Å². The van der Waals surface area contributed by atoms with Crippen molar-refractivity contribution in [1.29, 1.82) is 0 Å². The fourth-order valence-corrected chi connectivity index (χ4v) is 2.88. The zero-order chi connectivity index (χ0) is 16.1. The molecule has 0 saturated heterocycles. The van der Waals surface area contributed by atoms with Crippen LogP contribution in [0.2, 0.25) is 0 Å². The van der Waals surface area contributed by atoms with Gasteiger partial charge in [0.05, 0.1) is 11.4 Å². The van der Waals surface area contributed by atoms with Crippen LogP contribution in [0.5, 0.6) is 0 Å². The van der Waals surface area contributed by atoms with Gasteiger partial charge in [-0.2, -0.15) is 0 Å². The van der Waals surface area contributed by atoms with Crippen molar-refractivity contribution in [1.82, 2.24) is 20.2 Å². The number of anilines is 1. The molecule has 3 rings (SSSR count). The second-order valence-electron chi connectivity index (χ2n) is 4.69. The van der Waals surface area contributed by atoms with E-state index in [0.29, 0.717) is 5.56 Å². The summed E-state index contributed by atoms with van der Waals surface area (Å²) >= 11 is 1.69. The number of nitrogens with one attached hydrogen (secondary N) is 1. The van der Waals surface area contributed by atoms with Gasteiger partial charge in [0.15, 0.2) is 0 Å². The third kappa shape index (κ3) is 3.57. The number of carbonyl (C=O) groups is 1. The van der Waals surface area contributed by atoms with Crippen molar-refractivity contribution >= 4 is 23.4 Å². The highest BCUT2D eigenvalue weighted by molar-refractivity contribution is 7.99. The molecule has 0 radical (unpaired) electrons. The molecule has 0 atom stereocenters. The van der Waals surface area contributed by atoms with E-state index in [2.05, 4.69) is 27.8 Å². The minimum absolute atomic E-state index is 0.163. The first-order chi connectivity index (χ1) is 11.3. The quantitative estimate of drug-likeness (QED) is 0.730. The first kappa shape index (κ1) is 15.2. The fourth-order valence-electron chi connectivity index (χ4n) is 2.12. The Labute approximate surface area is 137 Å². The molecule has 7 heteroatoms. The van der Waals surface area contributed by atoms with Crippen LogP contribution in [0.25, 0.3) is 5.69 Å². The summed E-state index contributed by atoms with van der Waals surface area (Å²) in [5.74, 6) is 0.783. The van der Waals surface area contributed by atoms with Crippen molar-refractivity contribution < 1.29 is 4.79 Å². The van der Waals surface area contributed by atoms with Crippen LogP contribution in [-0.2, 0) is 0 Å². The van der Waals surface area contributed by atoms with E-state index in [1.165, 1.54) is 11.0 Å². The summed E-state index contributed by atoms with van der Waals surface area (Å²) in [6, 6.07) is 14.9. The van der Waals surface area contributed by atoms with Crippen LogP contribution in [0.3, 0.4) is 0 Å². The molecule has 0 saturated carbocycles. The molecule has 0 fully saturated rings. The molecule has 0 unspecified atom stereocenters. The van der Waals surface area contributed by atoms with E-state index in [4.69, 9.17) is 0 Å². The predicted molar refractivity (Wildman–Crippen MR) is 89.9 cm³/mol. The number of hydrogen-bond donors (Lipinski definition) is 1. The molecule has 2 aromatic carbocycles. The average molecular weight is 325 g/mol. The lowest BCUT2D eigenvalue weighted by Crippen LogP contribution is -2.13. The molecule has 6 nitrogen and oxygen atoms in total. The van der Waals surface area contributed by atoms with Gasteiger partial charge in [-0.3, -0.25) is 4.79 Å². The van der Waals surface area contributed by atoms with E-state index < -0.39 is 0 Å². The first-order valence-electron chi connectivity index (χ1n) is 7.14. The zero-order valence-corrected chi connectivity index (χ0v) is 13.3. The second-order valence-corrected chi connectivity index (χ2v) is 5.99. The molecule has 1 amide bonds. The van der Waals surface area contributed by atoms with Crippen molar-refractivity contribution in [3.8, 4) is 5.69 Å². The molecule has 116 valence electrons. The van der Waals surface area contributed by atoms with Crippen molar-refractivity contribution in [3.05, 3.63) is 60.4 Å². The maximum atomic E-state index is 12.5. The van der Waals surface area contributed by atoms with E-state index in [1.54, 1.807) is 30.0 Å². The number of thioether (sulfide) groups is 1. The Hall–Kier alpha value is -2.67. The smallest absolute Gasteiger partial charge is 0.255 e. The van der Waals surface area contributed by atoms with Gasteiger partial charge in [0.2, 0.25) is 0 Å². The lowest BCUT2D eigenvalue weighted by atomic mass is 10.2. The molecule has 0 aliphatic heterocycles. The third-order valence-electron chi connectivity index (χ3n) is 3.16. The summed E-state index contributed by atoms with van der Waals surface area (Å²) in [5.41, 5.74) is 2.10. The molecule has 1 aromatic heterocycles. The molecule has 0 bridgehead atoms. The molecule has 23 heavy (non-hydrogen) atoms. The van der Waals surface area contributed by atoms with E-state index in [-0.39, 0.29) is 5.91 Å². The predicted octanol–water partition coefficient (Wildman–Crippen LogP) is 3.03. The van der Waals surface area contributed by atoms with E-state index in [9.17, 15) is 4.79 Å². The highest BCUT2D eigenvalue weighted by atomic mass is 32.2.